The second-order valence-electron chi connectivity index (χ2n) is 14.8. The molecule has 10 unspecified atom stereocenters. The molecule has 2 nitrogen and oxygen atoms in total. The molecule has 2 saturated heterocycles. The summed E-state index contributed by atoms with van der Waals surface area (Å²) in [5.74, 6) is 4.99. The van der Waals surface area contributed by atoms with Gasteiger partial charge in [0.25, 0.3) is 0 Å². The van der Waals surface area contributed by atoms with E-state index in [0.29, 0.717) is 16.2 Å². The van der Waals surface area contributed by atoms with Crippen LogP contribution >= 0.6 is 0 Å². The van der Waals surface area contributed by atoms with E-state index >= 15 is 0 Å². The van der Waals surface area contributed by atoms with E-state index < -0.39 is 0 Å². The van der Waals surface area contributed by atoms with Crippen molar-refractivity contribution in [2.45, 2.75) is 135 Å². The molecule has 0 amide bonds. The highest BCUT2D eigenvalue weighted by Gasteiger charge is 2.69. The summed E-state index contributed by atoms with van der Waals surface area (Å²) < 4.78 is 6.21. The molecule has 0 spiro atoms. The van der Waals surface area contributed by atoms with Crippen molar-refractivity contribution in [3.63, 3.8) is 0 Å². The van der Waals surface area contributed by atoms with Crippen molar-refractivity contribution in [3.8, 4) is 0 Å². The Morgan fingerprint density at radius 3 is 2.22 bits per heavy atom. The van der Waals surface area contributed by atoms with Gasteiger partial charge in [0, 0.05) is 5.54 Å². The van der Waals surface area contributed by atoms with Crippen molar-refractivity contribution in [3.05, 3.63) is 0 Å². The third-order valence-electron chi connectivity index (χ3n) is 13.9. The lowest BCUT2D eigenvalue weighted by Gasteiger charge is -2.70. The van der Waals surface area contributed by atoms with Crippen LogP contribution in [-0.2, 0) is 4.74 Å². The first-order valence-corrected chi connectivity index (χ1v) is 14.6. The lowest BCUT2D eigenvalue weighted by molar-refractivity contribution is -0.214. The first kappa shape index (κ1) is 22.4. The van der Waals surface area contributed by atoms with Crippen molar-refractivity contribution in [1.29, 1.82) is 0 Å². The zero-order chi connectivity index (χ0) is 22.4. The molecule has 8 bridgehead atoms. The Balaban J connectivity index is 0.000000123. The molecule has 32 heavy (non-hydrogen) atoms. The molecular weight excluding hydrogens is 390 g/mol. The molecule has 8 fully saturated rings. The largest absolute Gasteiger partial charge is 0.373 e. The molecule has 2 heterocycles. The zero-order valence-corrected chi connectivity index (χ0v) is 21.7. The third kappa shape index (κ3) is 2.90. The minimum Gasteiger partial charge on any atom is -0.373 e. The van der Waals surface area contributed by atoms with E-state index in [1.54, 1.807) is 19.3 Å². The summed E-state index contributed by atoms with van der Waals surface area (Å²) in [7, 11) is 0. The summed E-state index contributed by atoms with van der Waals surface area (Å²) in [5, 5.41) is 0. The van der Waals surface area contributed by atoms with Gasteiger partial charge in [0.2, 0.25) is 0 Å². The van der Waals surface area contributed by atoms with E-state index in [1.165, 1.54) is 77.0 Å². The Kier molecular flexibility index (Phi) is 5.05. The fraction of sp³-hybridized carbons (Fsp3) is 1.00. The van der Waals surface area contributed by atoms with Gasteiger partial charge < -0.3 is 10.5 Å². The van der Waals surface area contributed by atoms with E-state index in [-0.39, 0.29) is 11.1 Å². The molecule has 0 aromatic rings. The SMILES string of the molecule is CC12CCCC3(C)C4CCC1CC4C3(C)CC2.CC12CCCC3CCC1(N)CCC3CO2. The molecule has 6 saturated carbocycles. The second kappa shape index (κ2) is 7.22. The van der Waals surface area contributed by atoms with E-state index in [4.69, 9.17) is 10.5 Å². The molecule has 6 aliphatic carbocycles. The van der Waals surface area contributed by atoms with Crippen LogP contribution in [0.2, 0.25) is 0 Å². The number of nitrogens with two attached hydrogens (primary N) is 1. The smallest absolute Gasteiger partial charge is 0.0833 e. The summed E-state index contributed by atoms with van der Waals surface area (Å²) >= 11 is 0. The summed E-state index contributed by atoms with van der Waals surface area (Å²) in [4.78, 5) is 0. The van der Waals surface area contributed by atoms with E-state index in [1.807, 2.05) is 0 Å². The molecule has 8 aliphatic rings. The number of hydrogen-bond acceptors (Lipinski definition) is 2. The average molecular weight is 442 g/mol. The molecule has 2 heteroatoms. The molecule has 8 rings (SSSR count). The average Bonchev–Trinajstić information content (AvgIpc) is 2.95. The van der Waals surface area contributed by atoms with Crippen LogP contribution in [0, 0.1) is 45.8 Å². The highest BCUT2D eigenvalue weighted by molar-refractivity contribution is 5.18. The lowest BCUT2D eigenvalue weighted by Crippen LogP contribution is -2.63. The first-order chi connectivity index (χ1) is 15.1. The maximum absolute atomic E-state index is 6.66. The highest BCUT2D eigenvalue weighted by atomic mass is 16.5. The Morgan fingerprint density at radius 2 is 1.41 bits per heavy atom. The standard InChI is InChI=1S/C17H28.C13H23NO/c1-15-7-4-8-16(2)13-6-5-12(15)11-14(13)17(16,3)10-9-15;1-12-6-2-3-10-4-7-13(12,14)8-5-11(10)9-15-12/h12-14H,4-11H2,1-3H3;10-11H,2-9,14H2,1H3. The van der Waals surface area contributed by atoms with Crippen LogP contribution in [0.25, 0.3) is 0 Å². The molecule has 182 valence electrons. The molecule has 2 aliphatic heterocycles. The Hall–Kier alpha value is -0.0800. The maximum Gasteiger partial charge on any atom is 0.0833 e. The van der Waals surface area contributed by atoms with Gasteiger partial charge in [-0.2, -0.15) is 0 Å². The first-order valence-electron chi connectivity index (χ1n) is 14.6. The van der Waals surface area contributed by atoms with Crippen molar-refractivity contribution >= 4 is 0 Å². The van der Waals surface area contributed by atoms with Crippen LogP contribution in [0.15, 0.2) is 0 Å². The number of fused-ring (bicyclic) bond motifs is 10. The normalized spacial score (nSPS) is 60.1. The van der Waals surface area contributed by atoms with E-state index in [2.05, 4.69) is 27.7 Å². The summed E-state index contributed by atoms with van der Waals surface area (Å²) in [6.45, 7) is 11.2. The molecule has 0 aromatic carbocycles. The van der Waals surface area contributed by atoms with Gasteiger partial charge in [-0.25, -0.2) is 0 Å². The summed E-state index contributed by atoms with van der Waals surface area (Å²) in [6, 6.07) is 0. The van der Waals surface area contributed by atoms with Gasteiger partial charge in [-0.1, -0.05) is 33.6 Å². The van der Waals surface area contributed by atoms with Crippen LogP contribution < -0.4 is 5.73 Å². The van der Waals surface area contributed by atoms with Crippen molar-refractivity contribution in [2.24, 2.45) is 51.6 Å². The highest BCUT2D eigenvalue weighted by Crippen LogP contribution is 2.77. The monoisotopic (exact) mass is 441 g/mol. The van der Waals surface area contributed by atoms with Crippen molar-refractivity contribution in [2.75, 3.05) is 6.61 Å². The predicted molar refractivity (Wildman–Crippen MR) is 132 cm³/mol. The number of rotatable bonds is 0. The molecule has 0 radical (unpaired) electrons. The minimum atomic E-state index is -0.0346. The van der Waals surface area contributed by atoms with Crippen LogP contribution in [0.5, 0.6) is 0 Å². The zero-order valence-electron chi connectivity index (χ0n) is 21.7. The van der Waals surface area contributed by atoms with Crippen molar-refractivity contribution < 1.29 is 4.74 Å². The Bertz CT molecular complexity index is 731. The minimum absolute atomic E-state index is 0.0308. The van der Waals surface area contributed by atoms with Gasteiger partial charge >= 0.3 is 0 Å². The van der Waals surface area contributed by atoms with E-state index in [0.717, 1.165) is 36.2 Å². The van der Waals surface area contributed by atoms with Crippen LogP contribution in [0.4, 0.5) is 0 Å². The van der Waals surface area contributed by atoms with Crippen molar-refractivity contribution in [1.82, 2.24) is 0 Å². The van der Waals surface area contributed by atoms with Crippen LogP contribution in [-0.4, -0.2) is 17.7 Å². The lowest BCUT2D eigenvalue weighted by atomic mass is 9.35. The molecular formula is C30H51NO. The maximum atomic E-state index is 6.66. The quantitative estimate of drug-likeness (QED) is 0.422. The third-order valence-corrected chi connectivity index (χ3v) is 13.9. The molecule has 10 atom stereocenters. The number of ether oxygens (including phenoxy) is 1. The second-order valence-corrected chi connectivity index (χ2v) is 14.8. The fourth-order valence-corrected chi connectivity index (χ4v) is 11.0. The van der Waals surface area contributed by atoms with Gasteiger partial charge in [-0.3, -0.25) is 0 Å². The summed E-state index contributed by atoms with van der Waals surface area (Å²) in [5.41, 5.74) is 8.74. The number of hydrogen-bond donors (Lipinski definition) is 1. The topological polar surface area (TPSA) is 35.2 Å². The fourth-order valence-electron chi connectivity index (χ4n) is 11.0. The van der Waals surface area contributed by atoms with Gasteiger partial charge in [0.05, 0.1) is 12.2 Å². The van der Waals surface area contributed by atoms with E-state index in [9.17, 15) is 0 Å². The molecule has 2 N–H and O–H groups in total. The predicted octanol–water partition coefficient (Wildman–Crippen LogP) is 7.49. The summed E-state index contributed by atoms with van der Waals surface area (Å²) in [6.07, 6.45) is 21.3. The van der Waals surface area contributed by atoms with Gasteiger partial charge in [-0.05, 0) is 136 Å². The van der Waals surface area contributed by atoms with Crippen LogP contribution in [0.3, 0.4) is 0 Å². The Morgan fingerprint density at radius 1 is 0.656 bits per heavy atom. The van der Waals surface area contributed by atoms with Gasteiger partial charge in [0.15, 0.2) is 0 Å². The van der Waals surface area contributed by atoms with Crippen LogP contribution in [0.1, 0.15) is 124 Å². The van der Waals surface area contributed by atoms with Gasteiger partial charge in [-0.15, -0.1) is 0 Å². The molecule has 0 aromatic heterocycles. The van der Waals surface area contributed by atoms with Gasteiger partial charge in [0.1, 0.15) is 0 Å². The Labute approximate surface area is 198 Å².